The third-order valence-electron chi connectivity index (χ3n) is 3.40. The Labute approximate surface area is 152 Å². The van der Waals surface area contributed by atoms with Gasteiger partial charge in [-0.2, -0.15) is 0 Å². The zero-order valence-electron chi connectivity index (χ0n) is 14.9. The maximum Gasteiger partial charge on any atom is 0.266 e. The molecule has 0 spiro atoms. The first-order valence-electron chi connectivity index (χ1n) is 7.81. The molecule has 2 aromatic rings. The van der Waals surface area contributed by atoms with Crippen molar-refractivity contribution in [2.75, 3.05) is 44.5 Å². The lowest BCUT2D eigenvalue weighted by molar-refractivity contribution is 0.197. The van der Waals surface area contributed by atoms with Gasteiger partial charge in [0, 0.05) is 26.3 Å². The van der Waals surface area contributed by atoms with Gasteiger partial charge < -0.3 is 19.5 Å². The average molecular weight is 382 g/mol. The minimum absolute atomic E-state index is 0.0529. The molecule has 0 fully saturated rings. The van der Waals surface area contributed by atoms with Gasteiger partial charge in [-0.05, 0) is 30.7 Å². The van der Waals surface area contributed by atoms with Crippen LogP contribution in [0.15, 0.2) is 35.2 Å². The predicted molar refractivity (Wildman–Crippen MR) is 97.4 cm³/mol. The molecule has 1 aromatic heterocycles. The molecule has 0 amide bonds. The number of methoxy groups -OCH3 is 3. The van der Waals surface area contributed by atoms with E-state index in [1.54, 1.807) is 19.2 Å². The summed E-state index contributed by atoms with van der Waals surface area (Å²) in [6, 6.07) is 7.67. The standard InChI is InChI=1S/C16H22N4O5S/c1-23-10-4-9-17-15-7-8-16(19-18-15)20-26(21,22)14-11-12(24-2)5-6-13(14)25-3/h5-8,11H,4,9-10H2,1-3H3,(H,17,18)(H,19,20). The molecular weight excluding hydrogens is 360 g/mol. The lowest BCUT2D eigenvalue weighted by Gasteiger charge is -2.12. The number of rotatable bonds is 10. The average Bonchev–Trinajstić information content (AvgIpc) is 2.65. The molecule has 0 radical (unpaired) electrons. The predicted octanol–water partition coefficient (Wildman–Crippen LogP) is 1.74. The maximum absolute atomic E-state index is 12.6. The van der Waals surface area contributed by atoms with Crippen molar-refractivity contribution in [1.29, 1.82) is 0 Å². The summed E-state index contributed by atoms with van der Waals surface area (Å²) in [5, 5.41) is 10.9. The normalized spacial score (nSPS) is 11.0. The highest BCUT2D eigenvalue weighted by molar-refractivity contribution is 7.92. The summed E-state index contributed by atoms with van der Waals surface area (Å²) in [6.07, 6.45) is 0.822. The van der Waals surface area contributed by atoms with Gasteiger partial charge in [-0.1, -0.05) is 0 Å². The Morgan fingerprint density at radius 1 is 1.00 bits per heavy atom. The quantitative estimate of drug-likeness (QED) is 0.598. The molecule has 0 saturated carbocycles. The Kier molecular flexibility index (Phi) is 6.98. The van der Waals surface area contributed by atoms with E-state index in [0.717, 1.165) is 6.42 Å². The number of nitrogens with zero attached hydrogens (tertiary/aromatic N) is 2. The molecule has 0 aliphatic heterocycles. The molecule has 0 unspecified atom stereocenters. The van der Waals surface area contributed by atoms with Crippen molar-refractivity contribution >= 4 is 21.7 Å². The first kappa shape index (κ1) is 19.7. The Bertz CT molecular complexity index is 812. The molecule has 0 atom stereocenters. The highest BCUT2D eigenvalue weighted by Crippen LogP contribution is 2.29. The van der Waals surface area contributed by atoms with Crippen LogP contribution in [0.5, 0.6) is 11.5 Å². The molecule has 9 nitrogen and oxygen atoms in total. The van der Waals surface area contributed by atoms with E-state index in [-0.39, 0.29) is 16.5 Å². The van der Waals surface area contributed by atoms with Crippen LogP contribution in [0.25, 0.3) is 0 Å². The largest absolute Gasteiger partial charge is 0.497 e. The van der Waals surface area contributed by atoms with Gasteiger partial charge in [-0.15, -0.1) is 10.2 Å². The molecule has 0 saturated heterocycles. The van der Waals surface area contributed by atoms with Crippen LogP contribution in [0.2, 0.25) is 0 Å². The van der Waals surface area contributed by atoms with Crippen molar-refractivity contribution in [3.63, 3.8) is 0 Å². The molecule has 1 heterocycles. The summed E-state index contributed by atoms with van der Waals surface area (Å²) < 4.78 is 42.8. The summed E-state index contributed by atoms with van der Waals surface area (Å²) in [5.41, 5.74) is 0. The SMILES string of the molecule is COCCCNc1ccc(NS(=O)(=O)c2cc(OC)ccc2OC)nn1. The number of nitrogens with one attached hydrogen (secondary N) is 2. The van der Waals surface area contributed by atoms with Gasteiger partial charge in [0.1, 0.15) is 22.2 Å². The van der Waals surface area contributed by atoms with Crippen LogP contribution in [-0.4, -0.2) is 53.1 Å². The van der Waals surface area contributed by atoms with E-state index in [9.17, 15) is 8.42 Å². The first-order valence-corrected chi connectivity index (χ1v) is 9.30. The highest BCUT2D eigenvalue weighted by atomic mass is 32.2. The number of sulfonamides is 1. The fraction of sp³-hybridized carbons (Fsp3) is 0.375. The maximum atomic E-state index is 12.6. The van der Waals surface area contributed by atoms with Crippen LogP contribution in [0.3, 0.4) is 0 Å². The van der Waals surface area contributed by atoms with E-state index in [1.807, 2.05) is 0 Å². The first-order chi connectivity index (χ1) is 12.5. The van der Waals surface area contributed by atoms with Crippen molar-refractivity contribution in [3.8, 4) is 11.5 Å². The number of aromatic nitrogens is 2. The fourth-order valence-corrected chi connectivity index (χ4v) is 3.28. The molecular formula is C16H22N4O5S. The van der Waals surface area contributed by atoms with E-state index in [1.165, 1.54) is 32.4 Å². The fourth-order valence-electron chi connectivity index (χ4n) is 2.10. The second-order valence-electron chi connectivity index (χ2n) is 5.20. The van der Waals surface area contributed by atoms with E-state index < -0.39 is 10.0 Å². The van der Waals surface area contributed by atoms with Gasteiger partial charge in [0.15, 0.2) is 5.82 Å². The van der Waals surface area contributed by atoms with Crippen LogP contribution in [-0.2, 0) is 14.8 Å². The molecule has 2 N–H and O–H groups in total. The molecule has 0 bridgehead atoms. The Hall–Kier alpha value is -2.59. The molecule has 10 heteroatoms. The molecule has 0 aliphatic rings. The summed E-state index contributed by atoms with van der Waals surface area (Å²) >= 11 is 0. The van der Waals surface area contributed by atoms with Crippen molar-refractivity contribution in [2.24, 2.45) is 0 Å². The summed E-state index contributed by atoms with van der Waals surface area (Å²) in [6.45, 7) is 1.31. The van der Waals surface area contributed by atoms with Crippen LogP contribution in [0, 0.1) is 0 Å². The van der Waals surface area contributed by atoms with E-state index in [2.05, 4.69) is 20.2 Å². The minimum atomic E-state index is -3.92. The number of hydrogen-bond acceptors (Lipinski definition) is 8. The van der Waals surface area contributed by atoms with E-state index >= 15 is 0 Å². The van der Waals surface area contributed by atoms with Crippen molar-refractivity contribution in [1.82, 2.24) is 10.2 Å². The number of ether oxygens (including phenoxy) is 3. The van der Waals surface area contributed by atoms with Crippen molar-refractivity contribution < 1.29 is 22.6 Å². The number of benzene rings is 1. The Balaban J connectivity index is 2.12. The zero-order valence-corrected chi connectivity index (χ0v) is 15.7. The summed E-state index contributed by atoms with van der Waals surface area (Å²) in [5.74, 6) is 1.23. The minimum Gasteiger partial charge on any atom is -0.497 e. The Morgan fingerprint density at radius 2 is 1.73 bits per heavy atom. The third kappa shape index (κ3) is 5.20. The van der Waals surface area contributed by atoms with Gasteiger partial charge in [-0.25, -0.2) is 8.42 Å². The number of hydrogen-bond donors (Lipinski definition) is 2. The van der Waals surface area contributed by atoms with Crippen molar-refractivity contribution in [2.45, 2.75) is 11.3 Å². The van der Waals surface area contributed by atoms with Crippen LogP contribution < -0.4 is 19.5 Å². The lowest BCUT2D eigenvalue weighted by Crippen LogP contribution is -2.16. The van der Waals surface area contributed by atoms with Crippen LogP contribution >= 0.6 is 0 Å². The van der Waals surface area contributed by atoms with Gasteiger partial charge in [0.2, 0.25) is 0 Å². The van der Waals surface area contributed by atoms with E-state index in [4.69, 9.17) is 14.2 Å². The Morgan fingerprint density at radius 3 is 2.35 bits per heavy atom. The van der Waals surface area contributed by atoms with Crippen LogP contribution in [0.1, 0.15) is 6.42 Å². The molecule has 26 heavy (non-hydrogen) atoms. The molecule has 1 aromatic carbocycles. The lowest BCUT2D eigenvalue weighted by atomic mass is 10.3. The monoisotopic (exact) mass is 382 g/mol. The highest BCUT2D eigenvalue weighted by Gasteiger charge is 2.21. The molecule has 2 rings (SSSR count). The van der Waals surface area contributed by atoms with Gasteiger partial charge in [-0.3, -0.25) is 4.72 Å². The van der Waals surface area contributed by atoms with Gasteiger partial charge >= 0.3 is 0 Å². The third-order valence-corrected chi connectivity index (χ3v) is 4.77. The zero-order chi connectivity index (χ0) is 19.0. The second-order valence-corrected chi connectivity index (χ2v) is 6.85. The summed E-state index contributed by atoms with van der Waals surface area (Å²) in [7, 11) is 0.564. The molecule has 142 valence electrons. The van der Waals surface area contributed by atoms with Crippen LogP contribution in [0.4, 0.5) is 11.6 Å². The van der Waals surface area contributed by atoms with Crippen molar-refractivity contribution in [3.05, 3.63) is 30.3 Å². The van der Waals surface area contributed by atoms with Gasteiger partial charge in [0.05, 0.1) is 14.2 Å². The molecule has 0 aliphatic carbocycles. The topological polar surface area (TPSA) is 112 Å². The summed E-state index contributed by atoms with van der Waals surface area (Å²) in [4.78, 5) is -0.0529. The smallest absolute Gasteiger partial charge is 0.266 e. The second kappa shape index (κ2) is 9.20. The van der Waals surface area contributed by atoms with Gasteiger partial charge in [0.25, 0.3) is 10.0 Å². The van der Waals surface area contributed by atoms with E-state index in [0.29, 0.717) is 24.7 Å². The number of anilines is 2.